The van der Waals surface area contributed by atoms with Crippen LogP contribution in [0.1, 0.15) is 11.1 Å². The molecule has 0 spiro atoms. The first kappa shape index (κ1) is 42.3. The normalized spacial score (nSPS) is 11.1. The van der Waals surface area contributed by atoms with Crippen molar-refractivity contribution in [3.8, 4) is 108 Å². The van der Waals surface area contributed by atoms with Gasteiger partial charge in [0.05, 0.1) is 62.8 Å². The fourth-order valence-corrected chi connectivity index (χ4v) is 9.33. The highest BCUT2D eigenvalue weighted by Crippen LogP contribution is 2.42. The Morgan fingerprint density at radius 1 is 0.296 bits per heavy atom. The number of nitrogens with zero attached hydrogens (tertiary/aromatic N) is 7. The number of hydrogen-bond acceptors (Lipinski definition) is 6. The minimum atomic E-state index is 0.603. The van der Waals surface area contributed by atoms with Crippen LogP contribution in [-0.2, 0) is 0 Å². The van der Waals surface area contributed by atoms with Crippen molar-refractivity contribution in [1.29, 1.82) is 10.5 Å². The number of aromatic nitrogens is 5. The van der Waals surface area contributed by atoms with Gasteiger partial charge < -0.3 is 4.57 Å². The van der Waals surface area contributed by atoms with E-state index >= 15 is 0 Å². The fraction of sp³-hybridized carbons (Fsp3) is 0. The van der Waals surface area contributed by atoms with Crippen molar-refractivity contribution in [1.82, 2.24) is 24.5 Å². The van der Waals surface area contributed by atoms with Crippen molar-refractivity contribution in [3.63, 3.8) is 0 Å². The summed E-state index contributed by atoms with van der Waals surface area (Å²) in [5.74, 6) is 1.23. The van der Waals surface area contributed by atoms with Crippen LogP contribution in [0.25, 0.3) is 118 Å². The molecule has 0 aliphatic carbocycles. The predicted molar refractivity (Wildman–Crippen MR) is 285 cm³/mol. The molecule has 0 saturated carbocycles. The molecule has 12 aromatic rings. The maximum Gasteiger partial charge on any atom is 0.160 e. The quantitative estimate of drug-likeness (QED) is 0.143. The first-order valence-corrected chi connectivity index (χ1v) is 23.3. The zero-order valence-corrected chi connectivity index (χ0v) is 38.1. The minimum Gasteiger partial charge on any atom is -0.309 e. The second-order valence-corrected chi connectivity index (χ2v) is 17.3. The first-order valence-electron chi connectivity index (χ1n) is 23.3. The number of nitriles is 2. The van der Waals surface area contributed by atoms with Gasteiger partial charge in [0.15, 0.2) is 11.6 Å². The highest BCUT2D eigenvalue weighted by molar-refractivity contribution is 6.12. The summed E-state index contributed by atoms with van der Waals surface area (Å²) in [6, 6.07) is 84.5. The summed E-state index contributed by atoms with van der Waals surface area (Å²) in [7, 11) is 0. The third kappa shape index (κ3) is 8.16. The van der Waals surface area contributed by atoms with E-state index in [4.69, 9.17) is 19.9 Å². The van der Waals surface area contributed by atoms with Gasteiger partial charge >= 0.3 is 0 Å². The van der Waals surface area contributed by atoms with E-state index in [2.05, 4.69) is 108 Å². The summed E-state index contributed by atoms with van der Waals surface area (Å²) in [4.78, 5) is 21.0. The third-order valence-electron chi connectivity index (χ3n) is 12.9. The summed E-state index contributed by atoms with van der Waals surface area (Å²) >= 11 is 0. The lowest BCUT2D eigenvalue weighted by atomic mass is 9.99. The van der Waals surface area contributed by atoms with E-state index in [1.807, 2.05) is 146 Å². The Bertz CT molecular complexity index is 3790. The SMILES string of the molecule is N#Cc1ccc(-c2ccc3c4ccc(-c5ccc(C#N)cc5)cc4n(-c4ccc(-c5cc(-c6ccccc6)nc(-c6ccccc6)n5)cc4-c4cc(-c5ccccc5)nc(-c5ccccc5)n4)c3c2)cc1. The van der Waals surface area contributed by atoms with Crippen molar-refractivity contribution >= 4 is 21.8 Å². The second-order valence-electron chi connectivity index (χ2n) is 17.3. The van der Waals surface area contributed by atoms with E-state index in [9.17, 15) is 10.5 Å². The average molecular weight is 906 g/mol. The molecule has 0 bridgehead atoms. The van der Waals surface area contributed by atoms with Crippen molar-refractivity contribution in [2.45, 2.75) is 0 Å². The minimum absolute atomic E-state index is 0.603. The van der Waals surface area contributed by atoms with Gasteiger partial charge in [-0.1, -0.05) is 176 Å². The molecule has 12 rings (SSSR count). The smallest absolute Gasteiger partial charge is 0.160 e. The van der Waals surface area contributed by atoms with Crippen LogP contribution in [-0.4, -0.2) is 24.5 Å². The van der Waals surface area contributed by atoms with Crippen LogP contribution >= 0.6 is 0 Å². The average Bonchev–Trinajstić information content (AvgIpc) is 3.78. The van der Waals surface area contributed by atoms with E-state index in [0.29, 0.717) is 22.8 Å². The van der Waals surface area contributed by atoms with Gasteiger partial charge in [-0.15, -0.1) is 0 Å². The second kappa shape index (κ2) is 18.2. The summed E-state index contributed by atoms with van der Waals surface area (Å²) in [5, 5.41) is 21.4. The molecule has 0 atom stereocenters. The van der Waals surface area contributed by atoms with Gasteiger partial charge in [0, 0.05) is 44.2 Å². The highest BCUT2D eigenvalue weighted by atomic mass is 15.0. The molecule has 71 heavy (non-hydrogen) atoms. The van der Waals surface area contributed by atoms with Gasteiger partial charge in [-0.3, -0.25) is 0 Å². The summed E-state index contributed by atoms with van der Waals surface area (Å²) < 4.78 is 2.35. The molecule has 0 N–H and O–H groups in total. The van der Waals surface area contributed by atoms with Gasteiger partial charge in [0.2, 0.25) is 0 Å². The van der Waals surface area contributed by atoms with Crippen LogP contribution in [0.15, 0.2) is 237 Å². The highest BCUT2D eigenvalue weighted by Gasteiger charge is 2.22. The van der Waals surface area contributed by atoms with Gasteiger partial charge in [0.25, 0.3) is 0 Å². The zero-order chi connectivity index (χ0) is 47.7. The number of benzene rings is 9. The van der Waals surface area contributed by atoms with E-state index in [1.54, 1.807) is 0 Å². The van der Waals surface area contributed by atoms with Gasteiger partial charge in [-0.25, -0.2) is 19.9 Å². The van der Waals surface area contributed by atoms with Crippen LogP contribution < -0.4 is 0 Å². The summed E-state index contributed by atoms with van der Waals surface area (Å²) in [6.45, 7) is 0. The Morgan fingerprint density at radius 2 is 0.662 bits per heavy atom. The number of hydrogen-bond donors (Lipinski definition) is 0. The summed E-state index contributed by atoms with van der Waals surface area (Å²) in [6.07, 6.45) is 0. The van der Waals surface area contributed by atoms with E-state index in [-0.39, 0.29) is 0 Å². The lowest BCUT2D eigenvalue weighted by Crippen LogP contribution is -2.02. The van der Waals surface area contributed by atoms with Crippen LogP contribution in [0.2, 0.25) is 0 Å². The fourth-order valence-electron chi connectivity index (χ4n) is 9.33. The maximum atomic E-state index is 9.64. The molecule has 0 fully saturated rings. The molecular formula is C64H39N7. The van der Waals surface area contributed by atoms with Gasteiger partial charge in [-0.2, -0.15) is 10.5 Å². The molecule has 7 nitrogen and oxygen atoms in total. The Labute approximate surface area is 410 Å². The van der Waals surface area contributed by atoms with Crippen LogP contribution in [0.4, 0.5) is 0 Å². The topological polar surface area (TPSA) is 104 Å². The molecule has 0 aliphatic heterocycles. The predicted octanol–water partition coefficient (Wildman–Crippen LogP) is 15.4. The molecule has 0 aliphatic rings. The monoisotopic (exact) mass is 905 g/mol. The van der Waals surface area contributed by atoms with E-state index < -0.39 is 0 Å². The van der Waals surface area contributed by atoms with E-state index in [0.717, 1.165) is 106 Å². The third-order valence-corrected chi connectivity index (χ3v) is 12.9. The van der Waals surface area contributed by atoms with Crippen LogP contribution in [0.5, 0.6) is 0 Å². The van der Waals surface area contributed by atoms with Crippen molar-refractivity contribution in [3.05, 3.63) is 248 Å². The molecular weight excluding hydrogens is 867 g/mol. The lowest BCUT2D eigenvalue weighted by molar-refractivity contribution is 1.15. The Hall–Kier alpha value is -10.1. The molecule has 0 unspecified atom stereocenters. The molecule has 7 heteroatoms. The van der Waals surface area contributed by atoms with Gasteiger partial charge in [0.1, 0.15) is 0 Å². The van der Waals surface area contributed by atoms with E-state index in [1.165, 1.54) is 0 Å². The molecule has 3 heterocycles. The lowest BCUT2D eigenvalue weighted by Gasteiger charge is -2.18. The Kier molecular flexibility index (Phi) is 10.8. The maximum absolute atomic E-state index is 9.64. The van der Waals surface area contributed by atoms with Crippen LogP contribution in [0, 0.1) is 22.7 Å². The molecule has 0 amide bonds. The first-order chi connectivity index (χ1) is 35.1. The Balaban J connectivity index is 1.17. The number of rotatable bonds is 9. The van der Waals surface area contributed by atoms with Crippen molar-refractivity contribution in [2.75, 3.05) is 0 Å². The Morgan fingerprint density at radius 3 is 1.10 bits per heavy atom. The number of fused-ring (bicyclic) bond motifs is 3. The van der Waals surface area contributed by atoms with Crippen LogP contribution in [0.3, 0.4) is 0 Å². The summed E-state index contributed by atoms with van der Waals surface area (Å²) in [5.41, 5.74) is 16.8. The molecule has 3 aromatic heterocycles. The molecule has 330 valence electrons. The zero-order valence-electron chi connectivity index (χ0n) is 38.1. The molecule has 9 aromatic carbocycles. The van der Waals surface area contributed by atoms with Crippen molar-refractivity contribution < 1.29 is 0 Å². The molecule has 0 saturated heterocycles. The molecule has 0 radical (unpaired) electrons. The standard InChI is InChI=1S/C64H39N7/c65-40-42-21-25-44(26-22-42)50-29-32-53-54-33-30-51(45-27-23-43(41-66)24-28-45)37-62(54)71(61(53)36-50)60-34-31-52(58-38-56(46-13-5-1-6-14-46)67-63(69-58)48-17-9-3-10-18-48)35-55(60)59-39-57(47-15-7-2-8-16-47)68-64(70-59)49-19-11-4-12-20-49/h1-39H. The van der Waals surface area contributed by atoms with Crippen molar-refractivity contribution in [2.24, 2.45) is 0 Å². The largest absolute Gasteiger partial charge is 0.309 e. The van der Waals surface area contributed by atoms with Gasteiger partial charge in [-0.05, 0) is 82.9 Å².